The van der Waals surface area contributed by atoms with E-state index >= 15 is 0 Å². The Morgan fingerprint density at radius 1 is 1.61 bits per heavy atom. The van der Waals surface area contributed by atoms with Gasteiger partial charge in [0.2, 0.25) is 0 Å². The highest BCUT2D eigenvalue weighted by Crippen LogP contribution is 2.24. The summed E-state index contributed by atoms with van der Waals surface area (Å²) < 4.78 is 0. The van der Waals surface area contributed by atoms with Gasteiger partial charge in [0, 0.05) is 18.8 Å². The Morgan fingerprint density at radius 3 is 2.72 bits per heavy atom. The van der Waals surface area contributed by atoms with Gasteiger partial charge in [0.25, 0.3) is 0 Å². The Kier molecular flexibility index (Phi) is 4.99. The van der Waals surface area contributed by atoms with Crippen LogP contribution in [0.5, 0.6) is 0 Å². The van der Waals surface area contributed by atoms with Crippen LogP contribution in [0.1, 0.15) is 24.2 Å². The molecule has 1 aromatic rings. The first-order valence-corrected chi connectivity index (χ1v) is 6.04. The zero-order valence-electron chi connectivity index (χ0n) is 10.4. The third-order valence-electron chi connectivity index (χ3n) is 2.64. The van der Waals surface area contributed by atoms with E-state index < -0.39 is 5.97 Å². The molecule has 0 aliphatic heterocycles. The van der Waals surface area contributed by atoms with E-state index in [0.717, 1.165) is 12.2 Å². The van der Waals surface area contributed by atoms with Gasteiger partial charge < -0.3 is 10.0 Å². The van der Waals surface area contributed by atoms with Gasteiger partial charge in [-0.3, -0.25) is 0 Å². The number of carboxylic acid groups (broad SMARTS) is 1. The average Bonchev–Trinajstić information content (AvgIpc) is 2.34. The first-order valence-electron chi connectivity index (χ1n) is 5.67. The summed E-state index contributed by atoms with van der Waals surface area (Å²) in [4.78, 5) is 12.8. The number of aromatic carboxylic acids is 1. The molecule has 0 aliphatic rings. The molecule has 1 atom stereocenters. The highest BCUT2D eigenvalue weighted by molar-refractivity contribution is 6.33. The van der Waals surface area contributed by atoms with Crippen LogP contribution >= 0.6 is 11.6 Å². The number of rotatable bonds is 5. The molecular weight excluding hydrogens is 252 g/mol. The first-order chi connectivity index (χ1) is 8.49. The van der Waals surface area contributed by atoms with Crippen LogP contribution in [0.3, 0.4) is 0 Å². The summed E-state index contributed by atoms with van der Waals surface area (Å²) in [7, 11) is 0. The summed E-state index contributed by atoms with van der Waals surface area (Å²) in [6, 6.07) is 7.00. The number of nitriles is 1. The van der Waals surface area contributed by atoms with Crippen molar-refractivity contribution < 1.29 is 9.90 Å². The molecule has 1 rings (SSSR count). The van der Waals surface area contributed by atoms with Crippen molar-refractivity contribution in [3.05, 3.63) is 28.8 Å². The molecule has 5 heteroatoms. The Bertz CT molecular complexity index is 482. The molecule has 1 aromatic carbocycles. The fourth-order valence-corrected chi connectivity index (χ4v) is 1.92. The molecule has 96 valence electrons. The minimum atomic E-state index is -1.04. The van der Waals surface area contributed by atoms with Crippen LogP contribution in [-0.4, -0.2) is 24.2 Å². The van der Waals surface area contributed by atoms with E-state index in [0.29, 0.717) is 6.54 Å². The number of carbonyl (C=O) groups is 1. The molecule has 0 spiro atoms. The number of nitrogens with zero attached hydrogens (tertiary/aromatic N) is 2. The van der Waals surface area contributed by atoms with Crippen molar-refractivity contribution in [1.29, 1.82) is 5.26 Å². The van der Waals surface area contributed by atoms with E-state index in [4.69, 9.17) is 22.0 Å². The maximum absolute atomic E-state index is 10.9. The fourth-order valence-electron chi connectivity index (χ4n) is 1.66. The summed E-state index contributed by atoms with van der Waals surface area (Å²) in [6.07, 6.45) is 0. The first kappa shape index (κ1) is 14.3. The molecule has 0 saturated carbocycles. The lowest BCUT2D eigenvalue weighted by atomic mass is 10.1. The Balaban J connectivity index is 2.98. The molecule has 4 nitrogen and oxygen atoms in total. The third-order valence-corrected chi connectivity index (χ3v) is 2.96. The number of hydrogen-bond donors (Lipinski definition) is 1. The zero-order valence-corrected chi connectivity index (χ0v) is 11.1. The zero-order chi connectivity index (χ0) is 13.7. The molecule has 0 heterocycles. The van der Waals surface area contributed by atoms with Gasteiger partial charge in [-0.25, -0.2) is 4.79 Å². The highest BCUT2D eigenvalue weighted by atomic mass is 35.5. The van der Waals surface area contributed by atoms with Crippen molar-refractivity contribution in [1.82, 2.24) is 0 Å². The van der Waals surface area contributed by atoms with E-state index in [1.54, 1.807) is 12.1 Å². The number of halogens is 1. The molecule has 0 radical (unpaired) electrons. The minimum absolute atomic E-state index is 0.0878. The van der Waals surface area contributed by atoms with Crippen LogP contribution < -0.4 is 4.90 Å². The SMILES string of the molecule is CCN(CC(C)C#N)c1ccc(C(=O)O)c(Cl)c1. The van der Waals surface area contributed by atoms with E-state index in [1.807, 2.05) is 18.7 Å². The third kappa shape index (κ3) is 3.38. The van der Waals surface area contributed by atoms with Crippen molar-refractivity contribution in [3.63, 3.8) is 0 Å². The highest BCUT2D eigenvalue weighted by Gasteiger charge is 2.13. The quantitative estimate of drug-likeness (QED) is 0.890. The number of carboxylic acids is 1. The van der Waals surface area contributed by atoms with Crippen LogP contribution in [0.25, 0.3) is 0 Å². The average molecular weight is 267 g/mol. The Hall–Kier alpha value is -1.73. The number of hydrogen-bond acceptors (Lipinski definition) is 3. The van der Waals surface area contributed by atoms with Gasteiger partial charge >= 0.3 is 5.97 Å². The number of anilines is 1. The second-order valence-electron chi connectivity index (χ2n) is 4.04. The molecular formula is C13H15ClN2O2. The summed E-state index contributed by atoms with van der Waals surface area (Å²) >= 11 is 5.92. The standard InChI is InChI=1S/C13H15ClN2O2/c1-3-16(8-9(2)7-15)10-4-5-11(13(17)18)12(14)6-10/h4-6,9H,3,8H2,1-2H3,(H,17,18). The predicted octanol–water partition coefficient (Wildman–Crippen LogP) is 3.02. The minimum Gasteiger partial charge on any atom is -0.478 e. The predicted molar refractivity (Wildman–Crippen MR) is 71.1 cm³/mol. The van der Waals surface area contributed by atoms with Crippen molar-refractivity contribution in [2.75, 3.05) is 18.0 Å². The number of benzene rings is 1. The smallest absolute Gasteiger partial charge is 0.337 e. The topological polar surface area (TPSA) is 64.3 Å². The van der Waals surface area contributed by atoms with Crippen LogP contribution in [0, 0.1) is 17.2 Å². The Labute approximate surface area is 111 Å². The van der Waals surface area contributed by atoms with Crippen molar-refractivity contribution in [2.45, 2.75) is 13.8 Å². The lowest BCUT2D eigenvalue weighted by Gasteiger charge is -2.24. The second-order valence-corrected chi connectivity index (χ2v) is 4.45. The van der Waals surface area contributed by atoms with E-state index in [1.165, 1.54) is 6.07 Å². The van der Waals surface area contributed by atoms with Crippen LogP contribution in [0.2, 0.25) is 5.02 Å². The molecule has 1 N–H and O–H groups in total. The lowest BCUT2D eigenvalue weighted by Crippen LogP contribution is -2.27. The second kappa shape index (κ2) is 6.27. The largest absolute Gasteiger partial charge is 0.478 e. The molecule has 18 heavy (non-hydrogen) atoms. The monoisotopic (exact) mass is 266 g/mol. The fraction of sp³-hybridized carbons (Fsp3) is 0.385. The summed E-state index contributed by atoms with van der Waals surface area (Å²) in [6.45, 7) is 5.14. The van der Waals surface area contributed by atoms with Gasteiger partial charge in [0.05, 0.1) is 22.6 Å². The maximum Gasteiger partial charge on any atom is 0.337 e. The molecule has 0 aliphatic carbocycles. The Morgan fingerprint density at radius 2 is 2.28 bits per heavy atom. The molecule has 0 amide bonds. The van der Waals surface area contributed by atoms with Gasteiger partial charge in [0.15, 0.2) is 0 Å². The molecule has 0 fully saturated rings. The van der Waals surface area contributed by atoms with Gasteiger partial charge in [0.1, 0.15) is 0 Å². The molecule has 0 bridgehead atoms. The van der Waals surface area contributed by atoms with Gasteiger partial charge in [-0.1, -0.05) is 11.6 Å². The van der Waals surface area contributed by atoms with Crippen LogP contribution in [0.4, 0.5) is 5.69 Å². The van der Waals surface area contributed by atoms with E-state index in [2.05, 4.69) is 6.07 Å². The van der Waals surface area contributed by atoms with Crippen molar-refractivity contribution in [3.8, 4) is 6.07 Å². The van der Waals surface area contributed by atoms with Gasteiger partial charge in [-0.05, 0) is 32.0 Å². The summed E-state index contributed by atoms with van der Waals surface area (Å²) in [5.41, 5.74) is 0.916. The lowest BCUT2D eigenvalue weighted by molar-refractivity contribution is 0.0697. The van der Waals surface area contributed by atoms with Crippen molar-refractivity contribution >= 4 is 23.3 Å². The van der Waals surface area contributed by atoms with Gasteiger partial charge in [-0.2, -0.15) is 5.26 Å². The summed E-state index contributed by atoms with van der Waals surface area (Å²) in [5.74, 6) is -1.14. The summed E-state index contributed by atoms with van der Waals surface area (Å²) in [5, 5.41) is 17.9. The molecule has 0 aromatic heterocycles. The normalized spacial score (nSPS) is 11.7. The van der Waals surface area contributed by atoms with Crippen molar-refractivity contribution in [2.24, 2.45) is 5.92 Å². The van der Waals surface area contributed by atoms with E-state index in [-0.39, 0.29) is 16.5 Å². The van der Waals surface area contributed by atoms with E-state index in [9.17, 15) is 4.79 Å². The van der Waals surface area contributed by atoms with Crippen LogP contribution in [0.15, 0.2) is 18.2 Å². The molecule has 1 unspecified atom stereocenters. The molecule has 0 saturated heterocycles. The maximum atomic E-state index is 10.9. The van der Waals surface area contributed by atoms with Crippen LogP contribution in [-0.2, 0) is 0 Å². The van der Waals surface area contributed by atoms with Gasteiger partial charge in [-0.15, -0.1) is 0 Å².